The molecule has 0 aliphatic rings. The lowest BCUT2D eigenvalue weighted by molar-refractivity contribution is -0.145. The summed E-state index contributed by atoms with van der Waals surface area (Å²) < 4.78 is 10.2. The Bertz CT molecular complexity index is 558. The van der Waals surface area contributed by atoms with Gasteiger partial charge in [0, 0.05) is 6.54 Å². The number of amides is 1. The molecular formula is C18H28N2O4. The molecule has 1 amide bonds. The highest BCUT2D eigenvalue weighted by molar-refractivity contribution is 5.86. The number of rotatable bonds is 9. The molecule has 0 fully saturated rings. The topological polar surface area (TPSA) is 90.7 Å². The highest BCUT2D eigenvalue weighted by Gasteiger charge is 2.29. The molecule has 0 radical (unpaired) electrons. The number of methoxy groups -OCH3 is 2. The first-order valence-electron chi connectivity index (χ1n) is 8.12. The van der Waals surface area contributed by atoms with Crippen molar-refractivity contribution in [2.75, 3.05) is 20.8 Å². The fourth-order valence-electron chi connectivity index (χ4n) is 2.59. The van der Waals surface area contributed by atoms with E-state index in [2.05, 4.69) is 5.32 Å². The molecular weight excluding hydrogens is 308 g/mol. The van der Waals surface area contributed by atoms with E-state index in [9.17, 15) is 9.59 Å². The van der Waals surface area contributed by atoms with Crippen LogP contribution in [-0.2, 0) is 20.7 Å². The van der Waals surface area contributed by atoms with Gasteiger partial charge in [-0.3, -0.25) is 9.59 Å². The fraction of sp³-hybridized carbons (Fsp3) is 0.556. The van der Waals surface area contributed by atoms with Crippen LogP contribution < -0.4 is 15.8 Å². The molecule has 1 aromatic carbocycles. The van der Waals surface area contributed by atoms with E-state index in [-0.39, 0.29) is 18.4 Å². The van der Waals surface area contributed by atoms with Gasteiger partial charge in [0.25, 0.3) is 0 Å². The largest absolute Gasteiger partial charge is 0.496 e. The molecule has 2 atom stereocenters. The van der Waals surface area contributed by atoms with E-state index in [1.165, 1.54) is 7.11 Å². The predicted octanol–water partition coefficient (Wildman–Crippen LogP) is 1.66. The third-order valence-corrected chi connectivity index (χ3v) is 3.99. The number of esters is 1. The second-order valence-corrected chi connectivity index (χ2v) is 6.11. The van der Waals surface area contributed by atoms with Gasteiger partial charge >= 0.3 is 5.97 Å². The summed E-state index contributed by atoms with van der Waals surface area (Å²) in [6.45, 7) is 3.83. The molecule has 0 aliphatic heterocycles. The zero-order chi connectivity index (χ0) is 18.2. The highest BCUT2D eigenvalue weighted by atomic mass is 16.5. The van der Waals surface area contributed by atoms with Gasteiger partial charge in [-0.05, 0) is 31.4 Å². The first-order chi connectivity index (χ1) is 11.4. The zero-order valence-corrected chi connectivity index (χ0v) is 14.9. The lowest BCUT2D eigenvalue weighted by Gasteiger charge is -2.24. The SMILES string of the molecule is CCCC(C)(N)C(=O)NCC(Cc1ccccc1OC)C(=O)OC. The van der Waals surface area contributed by atoms with Gasteiger partial charge in [-0.25, -0.2) is 0 Å². The standard InChI is InChI=1S/C18H28N2O4/c1-5-10-18(2,19)17(22)20-12-14(16(21)24-4)11-13-8-6-7-9-15(13)23-3/h6-9,14H,5,10-12,19H2,1-4H3,(H,20,22). The fourth-order valence-corrected chi connectivity index (χ4v) is 2.59. The number of hydrogen-bond donors (Lipinski definition) is 2. The smallest absolute Gasteiger partial charge is 0.310 e. The van der Waals surface area contributed by atoms with Crippen LogP contribution in [0.1, 0.15) is 32.3 Å². The Morgan fingerprint density at radius 3 is 2.54 bits per heavy atom. The van der Waals surface area contributed by atoms with Gasteiger partial charge in [-0.15, -0.1) is 0 Å². The third-order valence-electron chi connectivity index (χ3n) is 3.99. The van der Waals surface area contributed by atoms with Crippen molar-refractivity contribution in [1.82, 2.24) is 5.32 Å². The minimum atomic E-state index is -0.945. The molecule has 2 unspecified atom stereocenters. The maximum atomic E-state index is 12.2. The molecule has 0 saturated carbocycles. The molecule has 1 rings (SSSR count). The van der Waals surface area contributed by atoms with Crippen molar-refractivity contribution in [2.24, 2.45) is 11.7 Å². The molecule has 24 heavy (non-hydrogen) atoms. The summed E-state index contributed by atoms with van der Waals surface area (Å²) >= 11 is 0. The second kappa shape index (κ2) is 9.27. The van der Waals surface area contributed by atoms with Crippen molar-refractivity contribution < 1.29 is 19.1 Å². The highest BCUT2D eigenvalue weighted by Crippen LogP contribution is 2.21. The van der Waals surface area contributed by atoms with Gasteiger partial charge in [0.05, 0.1) is 25.7 Å². The van der Waals surface area contributed by atoms with Crippen LogP contribution in [0.3, 0.4) is 0 Å². The predicted molar refractivity (Wildman–Crippen MR) is 92.7 cm³/mol. The molecule has 0 heterocycles. The molecule has 0 aliphatic carbocycles. The monoisotopic (exact) mass is 336 g/mol. The molecule has 0 aromatic heterocycles. The molecule has 6 nitrogen and oxygen atoms in total. The van der Waals surface area contributed by atoms with Gasteiger partial charge in [0.2, 0.25) is 5.91 Å². The van der Waals surface area contributed by atoms with Crippen LogP contribution in [-0.4, -0.2) is 38.2 Å². The summed E-state index contributed by atoms with van der Waals surface area (Å²) in [7, 11) is 2.92. The van der Waals surface area contributed by atoms with E-state index < -0.39 is 11.5 Å². The summed E-state index contributed by atoms with van der Waals surface area (Å²) in [5.74, 6) is -0.450. The van der Waals surface area contributed by atoms with Crippen LogP contribution in [0.15, 0.2) is 24.3 Å². The summed E-state index contributed by atoms with van der Waals surface area (Å²) in [5.41, 5.74) is 5.95. The Hall–Kier alpha value is -2.08. The van der Waals surface area contributed by atoms with Crippen molar-refractivity contribution in [3.8, 4) is 5.75 Å². The molecule has 1 aromatic rings. The number of benzene rings is 1. The van der Waals surface area contributed by atoms with Crippen molar-refractivity contribution in [1.29, 1.82) is 0 Å². The number of hydrogen-bond acceptors (Lipinski definition) is 5. The number of nitrogens with two attached hydrogens (primary N) is 1. The summed E-state index contributed by atoms with van der Waals surface area (Å²) in [6.07, 6.45) is 1.79. The van der Waals surface area contributed by atoms with Crippen molar-refractivity contribution >= 4 is 11.9 Å². The van der Waals surface area contributed by atoms with Crippen molar-refractivity contribution in [3.05, 3.63) is 29.8 Å². The van der Waals surface area contributed by atoms with Gasteiger partial charge in [-0.2, -0.15) is 0 Å². The third kappa shape index (κ3) is 5.53. The first-order valence-corrected chi connectivity index (χ1v) is 8.12. The Labute approximate surface area is 143 Å². The lowest BCUT2D eigenvalue weighted by Crippen LogP contribution is -2.52. The normalized spacial score (nSPS) is 14.4. The first kappa shape index (κ1) is 20.0. The molecule has 134 valence electrons. The quantitative estimate of drug-likeness (QED) is 0.669. The van der Waals surface area contributed by atoms with Gasteiger partial charge in [0.1, 0.15) is 5.75 Å². The van der Waals surface area contributed by atoms with Crippen LogP contribution >= 0.6 is 0 Å². The van der Waals surface area contributed by atoms with E-state index >= 15 is 0 Å². The number of ether oxygens (including phenoxy) is 2. The summed E-state index contributed by atoms with van der Waals surface area (Å²) in [5, 5.41) is 2.78. The Morgan fingerprint density at radius 2 is 1.96 bits per heavy atom. The molecule has 0 bridgehead atoms. The molecule has 6 heteroatoms. The second-order valence-electron chi connectivity index (χ2n) is 6.11. The lowest BCUT2D eigenvalue weighted by atomic mass is 9.95. The average Bonchev–Trinajstić information content (AvgIpc) is 2.57. The maximum absolute atomic E-state index is 12.2. The van der Waals surface area contributed by atoms with Crippen molar-refractivity contribution in [3.63, 3.8) is 0 Å². The van der Waals surface area contributed by atoms with Gasteiger partial charge < -0.3 is 20.5 Å². The van der Waals surface area contributed by atoms with E-state index in [4.69, 9.17) is 15.2 Å². The Kier molecular flexibility index (Phi) is 7.71. The van der Waals surface area contributed by atoms with Crippen LogP contribution in [0.5, 0.6) is 5.75 Å². The number of carbonyl (C=O) groups is 2. The molecule has 3 N–H and O–H groups in total. The van der Waals surface area contributed by atoms with E-state index in [0.29, 0.717) is 18.6 Å². The number of para-hydroxylation sites is 1. The summed E-state index contributed by atoms with van der Waals surface area (Å²) in [6, 6.07) is 7.46. The Morgan fingerprint density at radius 1 is 1.29 bits per heavy atom. The van der Waals surface area contributed by atoms with Crippen LogP contribution in [0.2, 0.25) is 0 Å². The summed E-state index contributed by atoms with van der Waals surface area (Å²) in [4.78, 5) is 24.3. The number of nitrogens with one attached hydrogen (secondary N) is 1. The van der Waals surface area contributed by atoms with E-state index in [1.54, 1.807) is 14.0 Å². The minimum absolute atomic E-state index is 0.167. The van der Waals surface area contributed by atoms with E-state index in [0.717, 1.165) is 12.0 Å². The molecule has 0 spiro atoms. The van der Waals surface area contributed by atoms with Crippen LogP contribution in [0, 0.1) is 5.92 Å². The van der Waals surface area contributed by atoms with Crippen LogP contribution in [0.4, 0.5) is 0 Å². The molecule has 0 saturated heterocycles. The van der Waals surface area contributed by atoms with Crippen molar-refractivity contribution in [2.45, 2.75) is 38.6 Å². The average molecular weight is 336 g/mol. The van der Waals surface area contributed by atoms with Gasteiger partial charge in [0.15, 0.2) is 0 Å². The number of carbonyl (C=O) groups excluding carboxylic acids is 2. The van der Waals surface area contributed by atoms with Gasteiger partial charge in [-0.1, -0.05) is 31.5 Å². The van der Waals surface area contributed by atoms with E-state index in [1.807, 2.05) is 31.2 Å². The minimum Gasteiger partial charge on any atom is -0.496 e. The zero-order valence-electron chi connectivity index (χ0n) is 14.9. The maximum Gasteiger partial charge on any atom is 0.310 e. The Balaban J connectivity index is 2.80. The van der Waals surface area contributed by atoms with Crippen LogP contribution in [0.25, 0.3) is 0 Å².